The van der Waals surface area contributed by atoms with Crippen molar-refractivity contribution in [2.45, 2.75) is 130 Å². The van der Waals surface area contributed by atoms with Crippen molar-refractivity contribution in [3.63, 3.8) is 0 Å². The topological polar surface area (TPSA) is 177 Å². The first-order valence-corrected chi connectivity index (χ1v) is 20.0. The van der Waals surface area contributed by atoms with Crippen molar-refractivity contribution < 1.29 is 53.8 Å². The molecule has 5 rings (SSSR count). The summed E-state index contributed by atoms with van der Waals surface area (Å²) in [5, 5.41) is 42.3. The normalized spacial score (nSPS) is 17.5. The number of fused-ring (bicyclic) bond motifs is 2. The first kappa shape index (κ1) is 44.9. The van der Waals surface area contributed by atoms with Crippen molar-refractivity contribution >= 4 is 45.4 Å². The van der Waals surface area contributed by atoms with Crippen LogP contribution >= 0.6 is 0 Å². The molecule has 6 atom stereocenters. The number of rotatable bonds is 16. The van der Waals surface area contributed by atoms with E-state index in [-0.39, 0.29) is 55.1 Å². The van der Waals surface area contributed by atoms with Crippen LogP contribution < -0.4 is 9.47 Å². The summed E-state index contributed by atoms with van der Waals surface area (Å²) < 4.78 is 16.8. The zero-order valence-electron chi connectivity index (χ0n) is 34.0. The molecule has 0 saturated carbocycles. The molecule has 308 valence electrons. The Bertz CT molecular complexity index is 2020. The number of carboxylic acids is 1. The van der Waals surface area contributed by atoms with Crippen LogP contribution in [0.3, 0.4) is 0 Å². The van der Waals surface area contributed by atoms with E-state index in [1.165, 1.54) is 0 Å². The van der Waals surface area contributed by atoms with Gasteiger partial charge in [-0.1, -0.05) is 76.2 Å². The number of hydrogen-bond acceptors (Lipinski definition) is 10. The van der Waals surface area contributed by atoms with Crippen LogP contribution in [0.15, 0.2) is 60.7 Å². The molecule has 57 heavy (non-hydrogen) atoms. The molecule has 0 bridgehead atoms. The number of carboxylic acid groups (broad SMARTS) is 1. The standard InChI is InChI=1S/C23H30O6.C23H28O5/c1-4-14(2)23(28)29-20-7-5-6-16-9-8-15(3)19(22(16)20)11-10-17(24)12-18(25)13-21(26)27;1-4-14(2)23(26)28-20-7-5-6-16-9-8-15(3)19(22(16)20)11-10-18-12-17(24)13-21(25)27-18/h5-9,14,17-18,24-25H,4,10-13H2,1-3H3,(H,26,27);5-9,14,17-18,24H,4,10-13H2,1-3H3. The monoisotopic (exact) mass is 786 g/mol. The number of hydrogen-bond donors (Lipinski definition) is 4. The van der Waals surface area contributed by atoms with Crippen molar-refractivity contribution in [1.29, 1.82) is 0 Å². The number of carbonyl (C=O) groups is 4. The molecule has 0 radical (unpaired) electrons. The van der Waals surface area contributed by atoms with Gasteiger partial charge in [-0.05, 0) is 104 Å². The summed E-state index contributed by atoms with van der Waals surface area (Å²) in [5.41, 5.74) is 4.17. The fraction of sp³-hybridized carbons (Fsp3) is 0.478. The lowest BCUT2D eigenvalue weighted by Crippen LogP contribution is -2.32. The summed E-state index contributed by atoms with van der Waals surface area (Å²) in [4.78, 5) is 47.0. The maximum atomic E-state index is 12.4. The Kier molecular flexibility index (Phi) is 16.6. The van der Waals surface area contributed by atoms with Gasteiger partial charge in [-0.3, -0.25) is 19.2 Å². The van der Waals surface area contributed by atoms with Gasteiger partial charge in [0.15, 0.2) is 0 Å². The molecular weight excluding hydrogens is 728 g/mol. The van der Waals surface area contributed by atoms with Crippen molar-refractivity contribution in [3.05, 3.63) is 82.9 Å². The molecule has 0 amide bonds. The molecular formula is C46H58O11. The van der Waals surface area contributed by atoms with E-state index in [9.17, 15) is 34.5 Å². The van der Waals surface area contributed by atoms with Gasteiger partial charge in [0.25, 0.3) is 0 Å². The number of carbonyl (C=O) groups excluding carboxylic acids is 3. The third-order valence-corrected chi connectivity index (χ3v) is 10.8. The van der Waals surface area contributed by atoms with E-state index in [2.05, 4.69) is 6.07 Å². The summed E-state index contributed by atoms with van der Waals surface area (Å²) >= 11 is 0. The molecule has 0 aromatic heterocycles. The molecule has 1 heterocycles. The van der Waals surface area contributed by atoms with Gasteiger partial charge in [0.2, 0.25) is 0 Å². The number of aliphatic hydroxyl groups excluding tert-OH is 3. The van der Waals surface area contributed by atoms with Gasteiger partial charge in [0.1, 0.15) is 17.6 Å². The molecule has 1 aliphatic rings. The SMILES string of the molecule is CCC(C)C(=O)Oc1cccc2ccc(C)c(CCC(O)CC(O)CC(=O)O)c12.CCC(C)C(=O)Oc1cccc2ccc(C)c(CCC3CC(O)CC(=O)O3)c12. The number of cyclic esters (lactones) is 1. The second-order valence-corrected chi connectivity index (χ2v) is 15.3. The van der Waals surface area contributed by atoms with Gasteiger partial charge in [-0.25, -0.2) is 0 Å². The average molecular weight is 787 g/mol. The first-order chi connectivity index (χ1) is 27.1. The Morgan fingerprint density at radius 2 is 1.28 bits per heavy atom. The largest absolute Gasteiger partial charge is 0.481 e. The molecule has 11 nitrogen and oxygen atoms in total. The minimum Gasteiger partial charge on any atom is -0.481 e. The van der Waals surface area contributed by atoms with E-state index in [1.807, 2.05) is 90.1 Å². The number of benzene rings is 4. The first-order valence-electron chi connectivity index (χ1n) is 20.0. The Morgan fingerprint density at radius 3 is 1.75 bits per heavy atom. The predicted octanol–water partition coefficient (Wildman–Crippen LogP) is 7.72. The van der Waals surface area contributed by atoms with Crippen LogP contribution in [0.4, 0.5) is 0 Å². The third-order valence-electron chi connectivity index (χ3n) is 10.8. The summed E-state index contributed by atoms with van der Waals surface area (Å²) in [6.45, 7) is 11.6. The van der Waals surface area contributed by atoms with Crippen molar-refractivity contribution in [3.8, 4) is 11.5 Å². The lowest BCUT2D eigenvalue weighted by atomic mass is 9.92. The predicted molar refractivity (Wildman–Crippen MR) is 218 cm³/mol. The zero-order valence-corrected chi connectivity index (χ0v) is 34.0. The van der Waals surface area contributed by atoms with E-state index in [0.717, 1.165) is 50.2 Å². The zero-order chi connectivity index (χ0) is 41.8. The van der Waals surface area contributed by atoms with E-state index in [0.29, 0.717) is 50.0 Å². The summed E-state index contributed by atoms with van der Waals surface area (Å²) in [5.74, 6) is -1.23. The Balaban J connectivity index is 0.000000253. The highest BCUT2D eigenvalue weighted by Gasteiger charge is 2.28. The quantitative estimate of drug-likeness (QED) is 0.0646. The molecule has 6 unspecified atom stereocenters. The van der Waals surface area contributed by atoms with E-state index >= 15 is 0 Å². The van der Waals surface area contributed by atoms with Crippen LogP contribution in [0.1, 0.15) is 101 Å². The second kappa shape index (κ2) is 21.1. The molecule has 4 aromatic rings. The van der Waals surface area contributed by atoms with Gasteiger partial charge >= 0.3 is 23.9 Å². The molecule has 1 fully saturated rings. The Labute approximate surface area is 335 Å². The minimum atomic E-state index is -1.10. The van der Waals surface area contributed by atoms with Crippen LogP contribution in [0.25, 0.3) is 21.5 Å². The fourth-order valence-electron chi connectivity index (χ4n) is 6.98. The van der Waals surface area contributed by atoms with Gasteiger partial charge in [-0.15, -0.1) is 0 Å². The number of ether oxygens (including phenoxy) is 3. The smallest absolute Gasteiger partial charge is 0.314 e. The number of aryl methyl sites for hydroxylation is 4. The molecule has 0 aliphatic carbocycles. The van der Waals surface area contributed by atoms with Crippen LogP contribution in [0.5, 0.6) is 11.5 Å². The molecule has 4 N–H and O–H groups in total. The van der Waals surface area contributed by atoms with Gasteiger partial charge in [-0.2, -0.15) is 0 Å². The summed E-state index contributed by atoms with van der Waals surface area (Å²) in [6.07, 6.45) is 0.918. The van der Waals surface area contributed by atoms with Gasteiger partial charge < -0.3 is 34.6 Å². The highest BCUT2D eigenvalue weighted by molar-refractivity contribution is 5.95. The summed E-state index contributed by atoms with van der Waals surface area (Å²) in [6, 6.07) is 19.3. The van der Waals surface area contributed by atoms with E-state index < -0.39 is 24.3 Å². The lowest BCUT2D eigenvalue weighted by Gasteiger charge is -2.26. The van der Waals surface area contributed by atoms with Crippen LogP contribution in [0, 0.1) is 25.7 Å². The van der Waals surface area contributed by atoms with E-state index in [1.54, 1.807) is 6.07 Å². The lowest BCUT2D eigenvalue weighted by molar-refractivity contribution is -0.160. The molecule has 1 saturated heterocycles. The second-order valence-electron chi connectivity index (χ2n) is 15.3. The maximum Gasteiger partial charge on any atom is 0.314 e. The fourth-order valence-corrected chi connectivity index (χ4v) is 6.98. The minimum absolute atomic E-state index is 0.00592. The highest BCUT2D eigenvalue weighted by Crippen LogP contribution is 2.35. The van der Waals surface area contributed by atoms with Gasteiger partial charge in [0.05, 0.1) is 43.0 Å². The van der Waals surface area contributed by atoms with Gasteiger partial charge in [0, 0.05) is 17.2 Å². The molecule has 0 spiro atoms. The maximum absolute atomic E-state index is 12.4. The van der Waals surface area contributed by atoms with Crippen LogP contribution in [-0.2, 0) is 36.8 Å². The van der Waals surface area contributed by atoms with Crippen molar-refractivity contribution in [2.75, 3.05) is 0 Å². The Morgan fingerprint density at radius 1 is 0.772 bits per heavy atom. The molecule has 4 aromatic carbocycles. The summed E-state index contributed by atoms with van der Waals surface area (Å²) in [7, 11) is 0. The van der Waals surface area contributed by atoms with Crippen molar-refractivity contribution in [1.82, 2.24) is 0 Å². The Hall–Kier alpha value is -4.84. The van der Waals surface area contributed by atoms with E-state index in [4.69, 9.17) is 19.3 Å². The number of esters is 3. The average Bonchev–Trinajstić information content (AvgIpc) is 3.16. The number of aliphatic carboxylic acids is 1. The van der Waals surface area contributed by atoms with Crippen LogP contribution in [-0.4, -0.2) is 68.7 Å². The highest BCUT2D eigenvalue weighted by atomic mass is 16.6. The van der Waals surface area contributed by atoms with Crippen LogP contribution in [0.2, 0.25) is 0 Å². The van der Waals surface area contributed by atoms with Crippen molar-refractivity contribution in [2.24, 2.45) is 11.8 Å². The third kappa shape index (κ3) is 12.6. The molecule has 11 heteroatoms. The molecule has 1 aliphatic heterocycles. The number of aliphatic hydroxyl groups is 3.